The van der Waals surface area contributed by atoms with Crippen molar-refractivity contribution in [2.75, 3.05) is 25.2 Å². The Kier molecular flexibility index (Phi) is 9.42. The van der Waals surface area contributed by atoms with E-state index in [0.29, 0.717) is 13.2 Å². The van der Waals surface area contributed by atoms with Gasteiger partial charge < -0.3 is 14.4 Å². The van der Waals surface area contributed by atoms with E-state index in [2.05, 4.69) is 26.0 Å². The number of benzene rings is 1. The van der Waals surface area contributed by atoms with Crippen LogP contribution in [0.1, 0.15) is 46.6 Å². The lowest BCUT2D eigenvalue weighted by molar-refractivity contribution is -0.128. The number of hydrogen-bond donors (Lipinski definition) is 0. The van der Waals surface area contributed by atoms with Crippen LogP contribution in [0.25, 0.3) is 0 Å². The van der Waals surface area contributed by atoms with Crippen molar-refractivity contribution >= 4 is 11.6 Å². The van der Waals surface area contributed by atoms with Gasteiger partial charge in [0, 0.05) is 20.3 Å². The third-order valence-corrected chi connectivity index (χ3v) is 4.08. The van der Waals surface area contributed by atoms with Gasteiger partial charge in [-0.2, -0.15) is 0 Å². The van der Waals surface area contributed by atoms with Gasteiger partial charge in [0.1, 0.15) is 5.75 Å². The highest BCUT2D eigenvalue weighted by molar-refractivity contribution is 6.00. The Hall–Kier alpha value is -1.81. The van der Waals surface area contributed by atoms with Gasteiger partial charge in [-0.05, 0) is 49.8 Å². The summed E-state index contributed by atoms with van der Waals surface area (Å²) in [6.45, 7) is 13.7. The second kappa shape index (κ2) is 11.0. The van der Waals surface area contributed by atoms with Gasteiger partial charge in [0.25, 0.3) is 5.91 Å². The summed E-state index contributed by atoms with van der Waals surface area (Å²) in [6, 6.07) is 5.98. The molecule has 1 atom stereocenters. The molecule has 1 amide bonds. The normalized spacial score (nSPS) is 16.6. The molecular weight excluding hydrogens is 326 g/mol. The Balaban J connectivity index is 0.000000487. The topological polar surface area (TPSA) is 38.8 Å². The maximum absolute atomic E-state index is 12.6. The molecule has 1 aliphatic heterocycles. The van der Waals surface area contributed by atoms with Crippen molar-refractivity contribution in [3.8, 4) is 5.75 Å². The maximum Gasteiger partial charge on any atom is 0.268 e. The van der Waals surface area contributed by atoms with Gasteiger partial charge in [0.15, 0.2) is 6.10 Å². The molecule has 0 saturated carbocycles. The molecule has 0 aromatic heterocycles. The number of methoxy groups -OCH3 is 1. The van der Waals surface area contributed by atoms with Gasteiger partial charge in [-0.15, -0.1) is 0 Å². The molecule has 0 radical (unpaired) electrons. The van der Waals surface area contributed by atoms with Crippen molar-refractivity contribution in [3.05, 3.63) is 35.9 Å². The van der Waals surface area contributed by atoms with Crippen LogP contribution in [0.15, 0.2) is 30.4 Å². The quantitative estimate of drug-likeness (QED) is 0.529. The molecule has 1 heterocycles. The van der Waals surface area contributed by atoms with Gasteiger partial charge in [-0.25, -0.2) is 0 Å². The van der Waals surface area contributed by atoms with E-state index in [1.54, 1.807) is 7.11 Å². The highest BCUT2D eigenvalue weighted by atomic mass is 16.5. The maximum atomic E-state index is 12.6. The smallest absolute Gasteiger partial charge is 0.268 e. The first-order valence-corrected chi connectivity index (χ1v) is 9.52. The summed E-state index contributed by atoms with van der Waals surface area (Å²) < 4.78 is 11.0. The van der Waals surface area contributed by atoms with E-state index >= 15 is 0 Å². The molecular formula is C22H35NO3. The average Bonchev–Trinajstić information content (AvgIpc) is 2.57. The Morgan fingerprint density at radius 3 is 2.46 bits per heavy atom. The Bertz CT molecular complexity index is 593. The van der Waals surface area contributed by atoms with E-state index in [-0.39, 0.29) is 11.8 Å². The van der Waals surface area contributed by atoms with Crippen LogP contribution in [0, 0.1) is 18.8 Å². The lowest BCUT2D eigenvalue weighted by atomic mass is 10.0. The number of rotatable bonds is 6. The highest BCUT2D eigenvalue weighted by Gasteiger charge is 2.35. The SMILES string of the molecule is C/C=C\C(C)C.COCCCN1C(=O)C(C(C)C)Oc2ccc(C)cc21. The van der Waals surface area contributed by atoms with Crippen molar-refractivity contribution in [2.24, 2.45) is 11.8 Å². The lowest BCUT2D eigenvalue weighted by Gasteiger charge is -2.36. The van der Waals surface area contributed by atoms with Gasteiger partial charge in [0.2, 0.25) is 0 Å². The number of allylic oxidation sites excluding steroid dienone is 2. The van der Waals surface area contributed by atoms with Crippen LogP contribution in [0.4, 0.5) is 5.69 Å². The standard InChI is InChI=1S/C16H23NO3.C6H12/c1-11(2)15-16(18)17(8-5-9-19-4)13-10-12(3)6-7-14(13)20-15;1-4-5-6(2)3/h6-7,10-11,15H,5,8-9H2,1-4H3;4-6H,1-3H3/b;5-4-. The molecule has 0 spiro atoms. The van der Waals surface area contributed by atoms with Crippen molar-refractivity contribution in [1.29, 1.82) is 0 Å². The number of amides is 1. The lowest BCUT2D eigenvalue weighted by Crippen LogP contribution is -2.48. The number of carbonyl (C=O) groups excluding carboxylic acids is 1. The number of fused-ring (bicyclic) bond motifs is 1. The van der Waals surface area contributed by atoms with E-state index in [9.17, 15) is 4.79 Å². The van der Waals surface area contributed by atoms with Crippen LogP contribution in [0.2, 0.25) is 0 Å². The van der Waals surface area contributed by atoms with Gasteiger partial charge in [-0.1, -0.05) is 45.9 Å². The molecule has 1 aliphatic rings. The number of anilines is 1. The van der Waals surface area contributed by atoms with Crippen LogP contribution < -0.4 is 9.64 Å². The number of carbonyl (C=O) groups is 1. The third-order valence-electron chi connectivity index (χ3n) is 4.08. The summed E-state index contributed by atoms with van der Waals surface area (Å²) >= 11 is 0. The minimum atomic E-state index is -0.396. The number of ether oxygens (including phenoxy) is 2. The summed E-state index contributed by atoms with van der Waals surface area (Å²) in [5.41, 5.74) is 2.00. The van der Waals surface area contributed by atoms with Crippen molar-refractivity contribution in [1.82, 2.24) is 0 Å². The molecule has 4 heteroatoms. The predicted molar refractivity (Wildman–Crippen MR) is 109 cm³/mol. The summed E-state index contributed by atoms with van der Waals surface area (Å²) in [5.74, 6) is 1.72. The Morgan fingerprint density at radius 2 is 1.96 bits per heavy atom. The summed E-state index contributed by atoms with van der Waals surface area (Å²) in [6.07, 6.45) is 4.67. The molecule has 1 aromatic carbocycles. The fourth-order valence-corrected chi connectivity index (χ4v) is 2.80. The predicted octanol–water partition coefficient (Wildman–Crippen LogP) is 5.00. The molecule has 1 aromatic rings. The van der Waals surface area contributed by atoms with E-state index < -0.39 is 6.10 Å². The molecule has 146 valence electrons. The molecule has 0 N–H and O–H groups in total. The fraction of sp³-hybridized carbons (Fsp3) is 0.591. The van der Waals surface area contributed by atoms with E-state index in [4.69, 9.17) is 9.47 Å². The van der Waals surface area contributed by atoms with Crippen molar-refractivity contribution < 1.29 is 14.3 Å². The van der Waals surface area contributed by atoms with E-state index in [1.807, 2.05) is 50.8 Å². The first kappa shape index (κ1) is 22.2. The second-order valence-corrected chi connectivity index (χ2v) is 7.36. The van der Waals surface area contributed by atoms with Gasteiger partial charge >= 0.3 is 0 Å². The molecule has 0 saturated heterocycles. The first-order chi connectivity index (χ1) is 12.3. The van der Waals surface area contributed by atoms with Crippen LogP contribution >= 0.6 is 0 Å². The van der Waals surface area contributed by atoms with Crippen LogP contribution in [-0.4, -0.2) is 32.3 Å². The monoisotopic (exact) mass is 361 g/mol. The van der Waals surface area contributed by atoms with Crippen LogP contribution in [-0.2, 0) is 9.53 Å². The summed E-state index contributed by atoms with van der Waals surface area (Å²) in [5, 5.41) is 0. The number of aryl methyl sites for hydroxylation is 1. The Labute approximate surface area is 159 Å². The molecule has 0 aliphatic carbocycles. The second-order valence-electron chi connectivity index (χ2n) is 7.36. The van der Waals surface area contributed by atoms with Gasteiger partial charge in [-0.3, -0.25) is 4.79 Å². The van der Waals surface area contributed by atoms with Crippen LogP contribution in [0.5, 0.6) is 5.75 Å². The van der Waals surface area contributed by atoms with Crippen molar-refractivity contribution in [3.63, 3.8) is 0 Å². The minimum Gasteiger partial charge on any atom is -0.478 e. The third kappa shape index (κ3) is 6.49. The summed E-state index contributed by atoms with van der Waals surface area (Å²) in [4.78, 5) is 14.4. The van der Waals surface area contributed by atoms with E-state index in [0.717, 1.165) is 29.3 Å². The minimum absolute atomic E-state index is 0.0502. The fourth-order valence-electron chi connectivity index (χ4n) is 2.80. The van der Waals surface area contributed by atoms with Crippen molar-refractivity contribution in [2.45, 2.75) is 54.1 Å². The molecule has 26 heavy (non-hydrogen) atoms. The number of hydrogen-bond acceptors (Lipinski definition) is 3. The summed E-state index contributed by atoms with van der Waals surface area (Å²) in [7, 11) is 1.68. The Morgan fingerprint density at radius 1 is 1.27 bits per heavy atom. The zero-order chi connectivity index (χ0) is 19.7. The molecule has 4 nitrogen and oxygen atoms in total. The molecule has 1 unspecified atom stereocenters. The number of nitrogens with zero attached hydrogens (tertiary/aromatic N) is 1. The first-order valence-electron chi connectivity index (χ1n) is 9.52. The highest BCUT2D eigenvalue weighted by Crippen LogP contribution is 2.36. The molecule has 0 fully saturated rings. The average molecular weight is 362 g/mol. The zero-order valence-electron chi connectivity index (χ0n) is 17.4. The molecule has 2 rings (SSSR count). The largest absolute Gasteiger partial charge is 0.478 e. The molecule has 0 bridgehead atoms. The zero-order valence-corrected chi connectivity index (χ0v) is 17.4. The van der Waals surface area contributed by atoms with Crippen LogP contribution in [0.3, 0.4) is 0 Å². The van der Waals surface area contributed by atoms with Gasteiger partial charge in [0.05, 0.1) is 5.69 Å². The van der Waals surface area contributed by atoms with E-state index in [1.165, 1.54) is 0 Å².